The van der Waals surface area contributed by atoms with Gasteiger partial charge in [0.05, 0.1) is 12.4 Å². The lowest BCUT2D eigenvalue weighted by atomic mass is 10.1. The Balaban J connectivity index is 1.35. The van der Waals surface area contributed by atoms with Crippen molar-refractivity contribution in [3.8, 4) is 0 Å². The lowest BCUT2D eigenvalue weighted by Crippen LogP contribution is -2.31. The average Bonchev–Trinajstić information content (AvgIpc) is 3.46. The first-order valence-corrected chi connectivity index (χ1v) is 10.8. The van der Waals surface area contributed by atoms with Gasteiger partial charge in [0.25, 0.3) is 5.56 Å². The molecule has 7 heteroatoms. The highest BCUT2D eigenvalue weighted by molar-refractivity contribution is 7.10. The topological polar surface area (TPSA) is 77.1 Å². The summed E-state index contributed by atoms with van der Waals surface area (Å²) in [5, 5.41) is 5.89. The molecule has 0 aliphatic carbocycles. The van der Waals surface area contributed by atoms with Crippen LogP contribution in [-0.4, -0.2) is 15.5 Å². The molecule has 0 radical (unpaired) electrons. The number of benzene rings is 2. The zero-order chi connectivity index (χ0) is 21.2. The number of carbonyl (C=O) groups is 1. The molecule has 5 aromatic rings. The zero-order valence-electron chi connectivity index (χ0n) is 16.5. The van der Waals surface area contributed by atoms with Crippen LogP contribution in [0.5, 0.6) is 0 Å². The quantitative estimate of drug-likeness (QED) is 0.431. The number of furan rings is 1. The van der Waals surface area contributed by atoms with Gasteiger partial charge in [-0.2, -0.15) is 0 Å². The van der Waals surface area contributed by atoms with E-state index in [1.165, 1.54) is 10.9 Å². The molecule has 0 saturated carbocycles. The molecule has 0 aliphatic rings. The molecule has 0 aliphatic heterocycles. The van der Waals surface area contributed by atoms with Crippen molar-refractivity contribution in [1.82, 2.24) is 14.9 Å². The lowest BCUT2D eigenvalue weighted by Gasteiger charge is -2.18. The number of fused-ring (bicyclic) bond motifs is 3. The fraction of sp³-hybridized carbons (Fsp3) is 0.125. The van der Waals surface area contributed by atoms with E-state index in [-0.39, 0.29) is 36.1 Å². The van der Waals surface area contributed by atoms with Gasteiger partial charge >= 0.3 is 0 Å². The number of nitrogens with zero attached hydrogens (tertiary/aromatic N) is 2. The summed E-state index contributed by atoms with van der Waals surface area (Å²) in [4.78, 5) is 31.0. The Morgan fingerprint density at radius 2 is 1.87 bits per heavy atom. The zero-order valence-corrected chi connectivity index (χ0v) is 17.3. The van der Waals surface area contributed by atoms with Gasteiger partial charge in [-0.1, -0.05) is 48.5 Å². The number of aromatic nitrogens is 2. The molecular weight excluding hydrogens is 410 g/mol. The van der Waals surface area contributed by atoms with Crippen molar-refractivity contribution in [1.29, 1.82) is 0 Å². The third-order valence-corrected chi connectivity index (χ3v) is 6.13. The highest BCUT2D eigenvalue weighted by Crippen LogP contribution is 2.26. The van der Waals surface area contributed by atoms with E-state index in [4.69, 9.17) is 4.42 Å². The van der Waals surface area contributed by atoms with Gasteiger partial charge in [0.1, 0.15) is 11.1 Å². The highest BCUT2D eigenvalue weighted by Gasteiger charge is 2.18. The van der Waals surface area contributed by atoms with Crippen molar-refractivity contribution in [2.45, 2.75) is 19.0 Å². The summed E-state index contributed by atoms with van der Waals surface area (Å²) in [5.74, 6) is -0.140. The molecule has 1 amide bonds. The molecule has 154 valence electrons. The molecular formula is C24H19N3O3S. The molecule has 1 unspecified atom stereocenters. The van der Waals surface area contributed by atoms with Crippen LogP contribution in [0.2, 0.25) is 0 Å². The molecule has 1 N–H and O–H groups in total. The molecule has 0 bridgehead atoms. The van der Waals surface area contributed by atoms with E-state index in [1.807, 2.05) is 72.1 Å². The Kier molecular flexibility index (Phi) is 5.09. The Morgan fingerprint density at radius 3 is 2.68 bits per heavy atom. The van der Waals surface area contributed by atoms with Crippen LogP contribution in [0.4, 0.5) is 0 Å². The number of rotatable bonds is 6. The van der Waals surface area contributed by atoms with Crippen LogP contribution in [0.1, 0.15) is 22.9 Å². The van der Waals surface area contributed by atoms with Crippen LogP contribution >= 0.6 is 11.3 Å². The smallest absolute Gasteiger partial charge is 0.297 e. The van der Waals surface area contributed by atoms with Gasteiger partial charge in [-0.15, -0.1) is 11.3 Å². The minimum Gasteiger partial charge on any atom is -0.448 e. The van der Waals surface area contributed by atoms with E-state index >= 15 is 0 Å². The van der Waals surface area contributed by atoms with Crippen LogP contribution in [0, 0.1) is 0 Å². The first-order chi connectivity index (χ1) is 15.2. The third kappa shape index (κ3) is 3.75. The monoisotopic (exact) mass is 429 g/mol. The van der Waals surface area contributed by atoms with Gasteiger partial charge in [0.15, 0.2) is 0 Å². The van der Waals surface area contributed by atoms with Crippen molar-refractivity contribution in [3.63, 3.8) is 0 Å². The average molecular weight is 430 g/mol. The van der Waals surface area contributed by atoms with Crippen molar-refractivity contribution in [2.75, 3.05) is 0 Å². The molecule has 0 fully saturated rings. The van der Waals surface area contributed by atoms with Gasteiger partial charge in [-0.3, -0.25) is 14.2 Å². The molecule has 0 saturated heterocycles. The number of carbonyl (C=O) groups excluding carboxylic acids is 1. The number of para-hydroxylation sites is 1. The molecule has 0 spiro atoms. The second-order valence-corrected chi connectivity index (χ2v) is 8.17. The first-order valence-electron chi connectivity index (χ1n) is 9.95. The summed E-state index contributed by atoms with van der Waals surface area (Å²) in [6.07, 6.45) is 1.63. The maximum absolute atomic E-state index is 12.8. The number of amides is 1. The Labute approximate surface area is 181 Å². The highest BCUT2D eigenvalue weighted by atomic mass is 32.1. The molecule has 31 heavy (non-hydrogen) atoms. The summed E-state index contributed by atoms with van der Waals surface area (Å²) in [6, 6.07) is 21.0. The third-order valence-electron chi connectivity index (χ3n) is 5.20. The van der Waals surface area contributed by atoms with Gasteiger partial charge in [-0.05, 0) is 29.1 Å². The summed E-state index contributed by atoms with van der Waals surface area (Å²) in [6.45, 7) is 0.219. The van der Waals surface area contributed by atoms with Crippen molar-refractivity contribution in [3.05, 3.63) is 99.2 Å². The van der Waals surface area contributed by atoms with Crippen LogP contribution in [0.15, 0.2) is 87.6 Å². The maximum atomic E-state index is 12.8. The van der Waals surface area contributed by atoms with E-state index in [0.29, 0.717) is 11.1 Å². The lowest BCUT2D eigenvalue weighted by molar-refractivity contribution is -0.121. The standard InChI is InChI=1S/C24H19N3O3S/c28-20(26-21(19-11-6-14-31-19)16-7-2-1-3-8-16)12-13-27-15-25-22-17-9-4-5-10-18(17)30-23(22)24(27)29/h1-11,14-15,21H,12-13H2,(H,26,28). The molecule has 6 nitrogen and oxygen atoms in total. The second-order valence-electron chi connectivity index (χ2n) is 7.20. The van der Waals surface area contributed by atoms with E-state index in [2.05, 4.69) is 10.3 Å². The minimum atomic E-state index is -0.285. The number of hydrogen-bond acceptors (Lipinski definition) is 5. The van der Waals surface area contributed by atoms with Crippen LogP contribution in [0.25, 0.3) is 22.1 Å². The second kappa shape index (κ2) is 8.20. The minimum absolute atomic E-state index is 0.140. The van der Waals surface area contributed by atoms with E-state index in [0.717, 1.165) is 15.8 Å². The number of hydrogen-bond donors (Lipinski definition) is 1. The molecule has 3 heterocycles. The van der Waals surface area contributed by atoms with Gasteiger partial charge in [-0.25, -0.2) is 4.98 Å². The van der Waals surface area contributed by atoms with Crippen LogP contribution < -0.4 is 10.9 Å². The van der Waals surface area contributed by atoms with Gasteiger partial charge in [0, 0.05) is 23.2 Å². The first kappa shape index (κ1) is 19.3. The van der Waals surface area contributed by atoms with E-state index < -0.39 is 0 Å². The summed E-state index contributed by atoms with van der Waals surface area (Å²) in [7, 11) is 0. The Bertz CT molecular complexity index is 1400. The molecule has 3 aromatic heterocycles. The normalized spacial score (nSPS) is 12.3. The molecule has 2 aromatic carbocycles. The summed E-state index contributed by atoms with van der Waals surface area (Å²) >= 11 is 1.60. The Hall–Kier alpha value is -3.71. The van der Waals surface area contributed by atoms with Gasteiger partial charge < -0.3 is 9.73 Å². The van der Waals surface area contributed by atoms with Gasteiger partial charge in [0.2, 0.25) is 11.5 Å². The number of thiophene rings is 1. The number of nitrogens with one attached hydrogen (secondary N) is 1. The van der Waals surface area contributed by atoms with Crippen molar-refractivity contribution < 1.29 is 9.21 Å². The van der Waals surface area contributed by atoms with Crippen LogP contribution in [0.3, 0.4) is 0 Å². The summed E-state index contributed by atoms with van der Waals surface area (Å²) < 4.78 is 7.13. The predicted molar refractivity (Wildman–Crippen MR) is 121 cm³/mol. The summed E-state index contributed by atoms with van der Waals surface area (Å²) in [5.41, 5.74) is 2.11. The van der Waals surface area contributed by atoms with Crippen molar-refractivity contribution in [2.24, 2.45) is 0 Å². The van der Waals surface area contributed by atoms with Crippen molar-refractivity contribution >= 4 is 39.3 Å². The van der Waals surface area contributed by atoms with E-state index in [9.17, 15) is 9.59 Å². The fourth-order valence-corrected chi connectivity index (χ4v) is 4.45. The van der Waals surface area contributed by atoms with Crippen LogP contribution in [-0.2, 0) is 11.3 Å². The number of aryl methyl sites for hydroxylation is 1. The van der Waals surface area contributed by atoms with E-state index in [1.54, 1.807) is 11.3 Å². The molecule has 5 rings (SSSR count). The fourth-order valence-electron chi connectivity index (χ4n) is 3.65. The largest absolute Gasteiger partial charge is 0.448 e. The SMILES string of the molecule is O=C(CCn1cnc2c(oc3ccccc32)c1=O)NC(c1ccccc1)c1cccs1. The Morgan fingerprint density at radius 1 is 1.06 bits per heavy atom. The predicted octanol–water partition coefficient (Wildman–Crippen LogP) is 4.50. The molecule has 1 atom stereocenters. The maximum Gasteiger partial charge on any atom is 0.297 e.